The molecule has 2 N–H and O–H groups in total. The molecule has 0 aliphatic carbocycles. The molecule has 0 radical (unpaired) electrons. The normalized spacial score (nSPS) is 9.38. The Hall–Kier alpha value is -0.810. The van der Waals surface area contributed by atoms with Crippen LogP contribution in [0.25, 0.3) is 0 Å². The second kappa shape index (κ2) is 2.49. The fraction of sp³-hybridized carbons (Fsp3) is 0.500. The largest absolute Gasteiger partial charge is 0.316 e. The van der Waals surface area contributed by atoms with Gasteiger partial charge in [-0.2, -0.15) is 0 Å². The first-order chi connectivity index (χ1) is 3.56. The average Bonchev–Trinajstić information content (AvgIpc) is 1.59. The molecule has 0 aliphatic rings. The van der Waals surface area contributed by atoms with Crippen LogP contribution in [-0.2, 0) is 4.79 Å². The maximum atomic E-state index is 9.62. The molecule has 0 heterocycles. The quantitative estimate of drug-likeness (QED) is 0.351. The van der Waals surface area contributed by atoms with E-state index < -0.39 is 5.54 Å². The van der Waals surface area contributed by atoms with Gasteiger partial charge in [0.2, 0.25) is 0 Å². The summed E-state index contributed by atoms with van der Waals surface area (Å²) in [4.78, 5) is 9.62. The molecule has 0 spiro atoms. The molecular formula is C6H9NO. The van der Waals surface area contributed by atoms with Crippen molar-refractivity contribution in [3.05, 3.63) is 0 Å². The Balaban J connectivity index is 3.87. The van der Waals surface area contributed by atoms with Crippen molar-refractivity contribution < 1.29 is 4.79 Å². The van der Waals surface area contributed by atoms with Crippen molar-refractivity contribution in [1.29, 1.82) is 0 Å². The third kappa shape index (κ3) is 5.19. The monoisotopic (exact) mass is 111 g/mol. The molecule has 2 heteroatoms. The maximum Gasteiger partial charge on any atom is 0.192 e. The lowest BCUT2D eigenvalue weighted by Crippen LogP contribution is -2.29. The molecule has 0 bridgehead atoms. The van der Waals surface area contributed by atoms with Crippen molar-refractivity contribution in [2.24, 2.45) is 5.73 Å². The highest BCUT2D eigenvalue weighted by Crippen LogP contribution is 1.89. The first kappa shape index (κ1) is 7.19. The van der Waals surface area contributed by atoms with Gasteiger partial charge in [0.25, 0.3) is 0 Å². The Labute approximate surface area is 49.1 Å². The molecule has 0 amide bonds. The van der Waals surface area contributed by atoms with E-state index in [0.29, 0.717) is 6.29 Å². The van der Waals surface area contributed by atoms with E-state index in [1.54, 1.807) is 13.8 Å². The summed E-state index contributed by atoms with van der Waals surface area (Å²) in [6, 6.07) is 0. The van der Waals surface area contributed by atoms with Crippen LogP contribution in [0.15, 0.2) is 0 Å². The summed E-state index contributed by atoms with van der Waals surface area (Å²) in [6.45, 7) is 3.48. The zero-order valence-electron chi connectivity index (χ0n) is 5.06. The Bertz CT molecular complexity index is 133. The van der Waals surface area contributed by atoms with E-state index in [1.165, 1.54) is 0 Å². The van der Waals surface area contributed by atoms with Crippen LogP contribution < -0.4 is 5.73 Å². The smallest absolute Gasteiger partial charge is 0.192 e. The average molecular weight is 111 g/mol. The second-order valence-corrected chi connectivity index (χ2v) is 2.11. The highest BCUT2D eigenvalue weighted by molar-refractivity contribution is 5.72. The van der Waals surface area contributed by atoms with Gasteiger partial charge in [-0.25, -0.2) is 0 Å². The molecule has 0 atom stereocenters. The topological polar surface area (TPSA) is 43.1 Å². The number of nitrogens with two attached hydrogens (primary N) is 1. The molecule has 0 saturated heterocycles. The molecule has 0 saturated carbocycles. The minimum Gasteiger partial charge on any atom is -0.316 e. The standard InChI is InChI=1S/C6H9NO/c1-6(2,7)4-3-5-8/h5H,7H2,1-2H3. The van der Waals surface area contributed by atoms with Gasteiger partial charge in [0, 0.05) is 0 Å². The molecule has 0 aromatic heterocycles. The fourth-order valence-electron chi connectivity index (χ4n) is 0.215. The van der Waals surface area contributed by atoms with Crippen LogP contribution in [0.2, 0.25) is 0 Å². The molecule has 0 aromatic carbocycles. The maximum absolute atomic E-state index is 9.62. The molecule has 2 nitrogen and oxygen atoms in total. The second-order valence-electron chi connectivity index (χ2n) is 2.11. The molecule has 0 rings (SSSR count). The van der Waals surface area contributed by atoms with Gasteiger partial charge in [-0.3, -0.25) is 4.79 Å². The SMILES string of the molecule is CC(C)(N)C#CC=O. The summed E-state index contributed by atoms with van der Waals surface area (Å²) in [5.41, 5.74) is 4.85. The van der Waals surface area contributed by atoms with Crippen LogP contribution in [-0.4, -0.2) is 11.8 Å². The van der Waals surface area contributed by atoms with Gasteiger partial charge in [0.1, 0.15) is 0 Å². The van der Waals surface area contributed by atoms with Gasteiger partial charge in [0.05, 0.1) is 5.54 Å². The lowest BCUT2D eigenvalue weighted by molar-refractivity contribution is -0.103. The third-order valence-electron chi connectivity index (χ3n) is 0.453. The van der Waals surface area contributed by atoms with Crippen LogP contribution in [0.4, 0.5) is 0 Å². The third-order valence-corrected chi connectivity index (χ3v) is 0.453. The first-order valence-electron chi connectivity index (χ1n) is 2.31. The van der Waals surface area contributed by atoms with E-state index in [1.807, 2.05) is 0 Å². The van der Waals surface area contributed by atoms with E-state index in [0.717, 1.165) is 0 Å². The van der Waals surface area contributed by atoms with Gasteiger partial charge < -0.3 is 5.73 Å². The van der Waals surface area contributed by atoms with E-state index in [-0.39, 0.29) is 0 Å². The van der Waals surface area contributed by atoms with E-state index >= 15 is 0 Å². The lowest BCUT2D eigenvalue weighted by Gasteiger charge is -2.06. The number of hydrogen-bond acceptors (Lipinski definition) is 2. The summed E-state index contributed by atoms with van der Waals surface area (Å²) in [6.07, 6.45) is 0.536. The van der Waals surface area contributed by atoms with Crippen LogP contribution in [0.5, 0.6) is 0 Å². The van der Waals surface area contributed by atoms with Gasteiger partial charge in [-0.15, -0.1) is 0 Å². The molecule has 44 valence electrons. The van der Waals surface area contributed by atoms with Crippen LogP contribution in [0.3, 0.4) is 0 Å². The number of rotatable bonds is 0. The Morgan fingerprint density at radius 3 is 2.25 bits per heavy atom. The van der Waals surface area contributed by atoms with Crippen molar-refractivity contribution in [2.45, 2.75) is 19.4 Å². The number of aldehydes is 1. The van der Waals surface area contributed by atoms with Crippen molar-refractivity contribution in [1.82, 2.24) is 0 Å². The Morgan fingerprint density at radius 2 is 2.12 bits per heavy atom. The van der Waals surface area contributed by atoms with Gasteiger partial charge >= 0.3 is 0 Å². The van der Waals surface area contributed by atoms with Gasteiger partial charge in [0.15, 0.2) is 6.29 Å². The summed E-state index contributed by atoms with van der Waals surface area (Å²) >= 11 is 0. The predicted molar refractivity (Wildman–Crippen MR) is 32.1 cm³/mol. The summed E-state index contributed by atoms with van der Waals surface area (Å²) < 4.78 is 0. The molecule has 0 aromatic rings. The van der Waals surface area contributed by atoms with Crippen molar-refractivity contribution >= 4 is 6.29 Å². The van der Waals surface area contributed by atoms with Gasteiger partial charge in [-0.05, 0) is 19.8 Å². The van der Waals surface area contributed by atoms with Crippen LogP contribution >= 0.6 is 0 Å². The minimum absolute atomic E-state index is 0.536. The van der Waals surface area contributed by atoms with Crippen molar-refractivity contribution in [3.8, 4) is 11.8 Å². The minimum atomic E-state index is -0.541. The predicted octanol–water partition coefficient (Wildman–Crippen LogP) is -0.0740. The number of carbonyl (C=O) groups excluding carboxylic acids is 1. The lowest BCUT2D eigenvalue weighted by atomic mass is 10.1. The van der Waals surface area contributed by atoms with E-state index in [9.17, 15) is 4.79 Å². The Kier molecular flexibility index (Phi) is 2.23. The molecule has 0 aliphatic heterocycles. The molecule has 8 heavy (non-hydrogen) atoms. The zero-order chi connectivity index (χ0) is 6.62. The molecule has 0 fully saturated rings. The van der Waals surface area contributed by atoms with Crippen LogP contribution in [0, 0.1) is 11.8 Å². The first-order valence-corrected chi connectivity index (χ1v) is 2.31. The Morgan fingerprint density at radius 1 is 1.62 bits per heavy atom. The summed E-state index contributed by atoms with van der Waals surface area (Å²) in [5, 5.41) is 0. The number of hydrogen-bond donors (Lipinski definition) is 1. The molecular weight excluding hydrogens is 102 g/mol. The molecule has 0 unspecified atom stereocenters. The van der Waals surface area contributed by atoms with Crippen LogP contribution in [0.1, 0.15) is 13.8 Å². The van der Waals surface area contributed by atoms with Crippen molar-refractivity contribution in [3.63, 3.8) is 0 Å². The van der Waals surface area contributed by atoms with Gasteiger partial charge in [-0.1, -0.05) is 5.92 Å². The zero-order valence-corrected chi connectivity index (χ0v) is 5.06. The van der Waals surface area contributed by atoms with E-state index in [2.05, 4.69) is 11.8 Å². The van der Waals surface area contributed by atoms with Crippen molar-refractivity contribution in [2.75, 3.05) is 0 Å². The summed E-state index contributed by atoms with van der Waals surface area (Å²) in [7, 11) is 0. The fourth-order valence-corrected chi connectivity index (χ4v) is 0.215. The highest BCUT2D eigenvalue weighted by atomic mass is 16.1. The van der Waals surface area contributed by atoms with E-state index in [4.69, 9.17) is 5.73 Å². The highest BCUT2D eigenvalue weighted by Gasteiger charge is 2.02. The summed E-state index contributed by atoms with van der Waals surface area (Å²) in [5.74, 6) is 4.76. The number of carbonyl (C=O) groups is 1.